The molecule has 1 saturated heterocycles. The van der Waals surface area contributed by atoms with Crippen molar-refractivity contribution in [2.75, 3.05) is 25.1 Å². The molecule has 0 radical (unpaired) electrons. The summed E-state index contributed by atoms with van der Waals surface area (Å²) in [6.45, 7) is 2.83. The molecule has 0 unspecified atom stereocenters. The Bertz CT molecular complexity index is 590. The quantitative estimate of drug-likeness (QED) is 0.917. The van der Waals surface area contributed by atoms with Gasteiger partial charge in [-0.25, -0.2) is 9.97 Å². The molecule has 1 aliphatic heterocycles. The zero-order valence-electron chi connectivity index (χ0n) is 12.9. The van der Waals surface area contributed by atoms with Gasteiger partial charge in [-0.1, -0.05) is 12.1 Å². The minimum Gasteiger partial charge on any atom is -0.497 e. The van der Waals surface area contributed by atoms with Crippen molar-refractivity contribution in [2.24, 2.45) is 0 Å². The number of anilines is 1. The molecule has 2 heterocycles. The van der Waals surface area contributed by atoms with Crippen LogP contribution in [0.5, 0.6) is 5.75 Å². The van der Waals surface area contributed by atoms with Crippen molar-refractivity contribution >= 4 is 5.95 Å². The van der Waals surface area contributed by atoms with Crippen LogP contribution in [-0.4, -0.2) is 36.2 Å². The molecule has 116 valence electrons. The van der Waals surface area contributed by atoms with Crippen molar-refractivity contribution < 1.29 is 4.74 Å². The lowest BCUT2D eigenvalue weighted by Gasteiger charge is -2.33. The van der Waals surface area contributed by atoms with E-state index in [-0.39, 0.29) is 0 Å². The van der Waals surface area contributed by atoms with Crippen LogP contribution in [0.15, 0.2) is 42.7 Å². The maximum Gasteiger partial charge on any atom is 0.225 e. The van der Waals surface area contributed by atoms with Crippen LogP contribution in [0, 0.1) is 0 Å². The fourth-order valence-corrected chi connectivity index (χ4v) is 2.82. The number of rotatable bonds is 5. The Kier molecular flexibility index (Phi) is 4.85. The highest BCUT2D eigenvalue weighted by Crippen LogP contribution is 2.17. The fourth-order valence-electron chi connectivity index (χ4n) is 2.82. The number of nitrogens with one attached hydrogen (secondary N) is 1. The van der Waals surface area contributed by atoms with Gasteiger partial charge in [0.15, 0.2) is 0 Å². The molecule has 1 aromatic heterocycles. The first-order valence-corrected chi connectivity index (χ1v) is 7.73. The van der Waals surface area contributed by atoms with Gasteiger partial charge in [0.1, 0.15) is 5.75 Å². The van der Waals surface area contributed by atoms with Gasteiger partial charge in [-0.2, -0.15) is 0 Å². The molecular weight excluding hydrogens is 276 g/mol. The van der Waals surface area contributed by atoms with Gasteiger partial charge in [0, 0.05) is 38.1 Å². The largest absolute Gasteiger partial charge is 0.497 e. The van der Waals surface area contributed by atoms with E-state index < -0.39 is 0 Å². The highest BCUT2D eigenvalue weighted by molar-refractivity contribution is 5.30. The first-order valence-electron chi connectivity index (χ1n) is 7.73. The molecule has 3 rings (SSSR count). The number of piperidine rings is 1. The molecule has 1 N–H and O–H groups in total. The van der Waals surface area contributed by atoms with Crippen molar-refractivity contribution in [3.63, 3.8) is 0 Å². The molecule has 0 amide bonds. The van der Waals surface area contributed by atoms with Crippen LogP contribution in [0.2, 0.25) is 0 Å². The van der Waals surface area contributed by atoms with Gasteiger partial charge in [0.2, 0.25) is 5.95 Å². The average Bonchev–Trinajstić information content (AvgIpc) is 2.61. The van der Waals surface area contributed by atoms with E-state index >= 15 is 0 Å². The van der Waals surface area contributed by atoms with E-state index in [0.29, 0.717) is 6.04 Å². The minimum atomic E-state index is 0.462. The molecule has 2 aromatic rings. The number of aromatic nitrogens is 2. The first kappa shape index (κ1) is 14.8. The van der Waals surface area contributed by atoms with E-state index in [1.54, 1.807) is 19.5 Å². The van der Waals surface area contributed by atoms with Gasteiger partial charge in [0.05, 0.1) is 7.11 Å². The van der Waals surface area contributed by atoms with Crippen LogP contribution < -0.4 is 15.0 Å². The summed E-state index contributed by atoms with van der Waals surface area (Å²) in [6.07, 6.45) is 5.95. The Balaban J connectivity index is 1.56. The van der Waals surface area contributed by atoms with Crippen molar-refractivity contribution in [1.82, 2.24) is 15.3 Å². The normalized spacial score (nSPS) is 18.2. The van der Waals surface area contributed by atoms with Gasteiger partial charge in [-0.15, -0.1) is 0 Å². The average molecular weight is 298 g/mol. The monoisotopic (exact) mass is 298 g/mol. The molecular formula is C17H22N4O. The number of methoxy groups -OCH3 is 1. The summed E-state index contributed by atoms with van der Waals surface area (Å²) >= 11 is 0. The second-order valence-corrected chi connectivity index (χ2v) is 5.57. The number of ether oxygens (including phenoxy) is 1. The summed E-state index contributed by atoms with van der Waals surface area (Å²) in [5, 5.41) is 3.64. The van der Waals surface area contributed by atoms with Crippen LogP contribution in [0.1, 0.15) is 18.4 Å². The standard InChI is InChI=1S/C17H22N4O/c1-22-16-7-2-5-14(11-16)12-20-15-6-3-10-21(13-15)17-18-8-4-9-19-17/h2,4-5,7-9,11,15,20H,3,6,10,12-13H2,1H3/t15-/m1/s1. The van der Waals surface area contributed by atoms with Gasteiger partial charge in [-0.3, -0.25) is 0 Å². The third-order valence-corrected chi connectivity index (χ3v) is 3.99. The third kappa shape index (κ3) is 3.74. The summed E-state index contributed by atoms with van der Waals surface area (Å²) in [5.41, 5.74) is 1.24. The molecule has 1 aliphatic rings. The molecule has 5 heteroatoms. The molecule has 1 atom stereocenters. The summed E-state index contributed by atoms with van der Waals surface area (Å²) in [6, 6.07) is 10.5. The second-order valence-electron chi connectivity index (χ2n) is 5.57. The predicted octanol–water partition coefficient (Wildman–Crippen LogP) is 2.24. The Morgan fingerprint density at radius 1 is 1.27 bits per heavy atom. The lowest BCUT2D eigenvalue weighted by atomic mass is 10.1. The minimum absolute atomic E-state index is 0.462. The second kappa shape index (κ2) is 7.22. The molecule has 1 fully saturated rings. The number of hydrogen-bond acceptors (Lipinski definition) is 5. The zero-order chi connectivity index (χ0) is 15.2. The van der Waals surface area contributed by atoms with Crippen molar-refractivity contribution in [2.45, 2.75) is 25.4 Å². The topological polar surface area (TPSA) is 50.3 Å². The van der Waals surface area contributed by atoms with Crippen LogP contribution in [0.4, 0.5) is 5.95 Å². The summed E-state index contributed by atoms with van der Waals surface area (Å²) in [7, 11) is 1.70. The van der Waals surface area contributed by atoms with Crippen molar-refractivity contribution in [3.05, 3.63) is 48.3 Å². The number of nitrogens with zero attached hydrogens (tertiary/aromatic N) is 3. The maximum absolute atomic E-state index is 5.27. The SMILES string of the molecule is COc1cccc(CN[C@@H]2CCCN(c3ncccn3)C2)c1. The van der Waals surface area contributed by atoms with Crippen LogP contribution >= 0.6 is 0 Å². The van der Waals surface area contributed by atoms with Gasteiger partial charge >= 0.3 is 0 Å². The van der Waals surface area contributed by atoms with Crippen LogP contribution in [0.25, 0.3) is 0 Å². The number of benzene rings is 1. The Hall–Kier alpha value is -2.14. The molecule has 22 heavy (non-hydrogen) atoms. The maximum atomic E-state index is 5.27. The zero-order valence-corrected chi connectivity index (χ0v) is 12.9. The highest BCUT2D eigenvalue weighted by atomic mass is 16.5. The predicted molar refractivity (Wildman–Crippen MR) is 87.1 cm³/mol. The first-order chi connectivity index (χ1) is 10.8. The van der Waals surface area contributed by atoms with E-state index in [9.17, 15) is 0 Å². The van der Waals surface area contributed by atoms with E-state index in [1.807, 2.05) is 18.2 Å². The Labute approximate surface area is 131 Å². The molecule has 0 bridgehead atoms. The lowest BCUT2D eigenvalue weighted by molar-refractivity contribution is 0.409. The third-order valence-electron chi connectivity index (χ3n) is 3.99. The van der Waals surface area contributed by atoms with Gasteiger partial charge < -0.3 is 15.0 Å². The van der Waals surface area contributed by atoms with Crippen molar-refractivity contribution in [1.29, 1.82) is 0 Å². The molecule has 1 aromatic carbocycles. The van der Waals surface area contributed by atoms with Crippen molar-refractivity contribution in [3.8, 4) is 5.75 Å². The van der Waals surface area contributed by atoms with E-state index in [4.69, 9.17) is 4.74 Å². The smallest absolute Gasteiger partial charge is 0.225 e. The molecule has 5 nitrogen and oxygen atoms in total. The summed E-state index contributed by atoms with van der Waals surface area (Å²) in [4.78, 5) is 11.0. The highest BCUT2D eigenvalue weighted by Gasteiger charge is 2.21. The van der Waals surface area contributed by atoms with E-state index in [1.165, 1.54) is 12.0 Å². The Morgan fingerprint density at radius 3 is 2.95 bits per heavy atom. The fraction of sp³-hybridized carbons (Fsp3) is 0.412. The van der Waals surface area contributed by atoms with Gasteiger partial charge in [-0.05, 0) is 36.6 Å². The van der Waals surface area contributed by atoms with Gasteiger partial charge in [0.25, 0.3) is 0 Å². The molecule has 0 spiro atoms. The Morgan fingerprint density at radius 2 is 2.14 bits per heavy atom. The van der Waals surface area contributed by atoms with E-state index in [0.717, 1.165) is 37.8 Å². The molecule has 0 saturated carbocycles. The van der Waals surface area contributed by atoms with E-state index in [2.05, 4.69) is 32.3 Å². The summed E-state index contributed by atoms with van der Waals surface area (Å²) < 4.78 is 5.27. The lowest BCUT2D eigenvalue weighted by Crippen LogP contribution is -2.46. The number of hydrogen-bond donors (Lipinski definition) is 1. The molecule has 0 aliphatic carbocycles. The van der Waals surface area contributed by atoms with Crippen LogP contribution in [0.3, 0.4) is 0 Å². The van der Waals surface area contributed by atoms with Crippen LogP contribution in [-0.2, 0) is 6.54 Å². The summed E-state index contributed by atoms with van der Waals surface area (Å²) in [5.74, 6) is 1.73.